The lowest BCUT2D eigenvalue weighted by Gasteiger charge is -2.16. The van der Waals surface area contributed by atoms with E-state index < -0.39 is 0 Å². The summed E-state index contributed by atoms with van der Waals surface area (Å²) in [5, 5.41) is 12.2. The molecule has 1 aromatic carbocycles. The molecule has 100 valence electrons. The first-order chi connectivity index (χ1) is 8.76. The molecular formula is C14H21NO2S. The van der Waals surface area contributed by atoms with E-state index in [-0.39, 0.29) is 18.6 Å². The van der Waals surface area contributed by atoms with E-state index in [0.717, 1.165) is 17.1 Å². The molecule has 1 aromatic rings. The summed E-state index contributed by atoms with van der Waals surface area (Å²) >= 11 is 1.75. The van der Waals surface area contributed by atoms with Gasteiger partial charge in [0, 0.05) is 12.2 Å². The fourth-order valence-electron chi connectivity index (χ4n) is 1.67. The van der Waals surface area contributed by atoms with Crippen LogP contribution in [0.25, 0.3) is 0 Å². The minimum absolute atomic E-state index is 0.0194. The number of nitrogens with one attached hydrogen (secondary N) is 1. The van der Waals surface area contributed by atoms with Crippen LogP contribution in [0.4, 0.5) is 0 Å². The standard InChI is InChI=1S/C14H21NO2S/c1-2-18-9-8-14(17)15-13(11-16)10-12-6-4-3-5-7-12/h3-7,13,16H,2,8-11H2,1H3,(H,15,17). The largest absolute Gasteiger partial charge is 0.394 e. The fraction of sp³-hybridized carbons (Fsp3) is 0.500. The third-order valence-electron chi connectivity index (χ3n) is 2.59. The summed E-state index contributed by atoms with van der Waals surface area (Å²) in [6.07, 6.45) is 1.19. The SMILES string of the molecule is CCSCCC(=O)NC(CO)Cc1ccccc1. The van der Waals surface area contributed by atoms with Crippen LogP contribution in [0.2, 0.25) is 0 Å². The molecule has 0 radical (unpaired) electrons. The second-order valence-corrected chi connectivity index (χ2v) is 5.48. The van der Waals surface area contributed by atoms with E-state index in [4.69, 9.17) is 0 Å². The topological polar surface area (TPSA) is 49.3 Å². The lowest BCUT2D eigenvalue weighted by Crippen LogP contribution is -2.39. The Morgan fingerprint density at radius 1 is 1.39 bits per heavy atom. The summed E-state index contributed by atoms with van der Waals surface area (Å²) in [7, 11) is 0. The summed E-state index contributed by atoms with van der Waals surface area (Å²) < 4.78 is 0. The Labute approximate surface area is 113 Å². The highest BCUT2D eigenvalue weighted by molar-refractivity contribution is 7.99. The Kier molecular flexibility index (Phi) is 7.53. The van der Waals surface area contributed by atoms with Crippen LogP contribution in [-0.2, 0) is 11.2 Å². The Balaban J connectivity index is 2.35. The smallest absolute Gasteiger partial charge is 0.221 e. The van der Waals surface area contributed by atoms with Gasteiger partial charge < -0.3 is 10.4 Å². The van der Waals surface area contributed by atoms with Gasteiger partial charge in [-0.2, -0.15) is 11.8 Å². The van der Waals surface area contributed by atoms with Crippen LogP contribution >= 0.6 is 11.8 Å². The quantitative estimate of drug-likeness (QED) is 0.707. The molecule has 0 aliphatic heterocycles. The van der Waals surface area contributed by atoms with E-state index in [1.807, 2.05) is 30.3 Å². The maximum absolute atomic E-state index is 11.6. The van der Waals surface area contributed by atoms with Gasteiger partial charge in [-0.3, -0.25) is 4.79 Å². The molecule has 1 amide bonds. The first-order valence-corrected chi connectivity index (χ1v) is 7.43. The highest BCUT2D eigenvalue weighted by Crippen LogP contribution is 2.04. The zero-order chi connectivity index (χ0) is 13.2. The molecule has 1 atom stereocenters. The molecule has 1 rings (SSSR count). The molecule has 0 spiro atoms. The van der Waals surface area contributed by atoms with Gasteiger partial charge in [0.05, 0.1) is 12.6 Å². The number of hydrogen-bond acceptors (Lipinski definition) is 3. The number of carbonyl (C=O) groups is 1. The molecule has 18 heavy (non-hydrogen) atoms. The van der Waals surface area contributed by atoms with Gasteiger partial charge in [-0.15, -0.1) is 0 Å². The van der Waals surface area contributed by atoms with Crippen molar-refractivity contribution in [2.75, 3.05) is 18.1 Å². The van der Waals surface area contributed by atoms with Crippen molar-refractivity contribution in [3.8, 4) is 0 Å². The van der Waals surface area contributed by atoms with Crippen LogP contribution in [0, 0.1) is 0 Å². The summed E-state index contributed by atoms with van der Waals surface area (Å²) in [5.74, 6) is 1.89. The molecule has 0 saturated carbocycles. The first-order valence-electron chi connectivity index (χ1n) is 6.28. The number of rotatable bonds is 8. The van der Waals surface area contributed by atoms with Crippen molar-refractivity contribution in [1.82, 2.24) is 5.32 Å². The predicted octanol–water partition coefficient (Wildman–Crippen LogP) is 1.85. The number of thioether (sulfide) groups is 1. The van der Waals surface area contributed by atoms with Gasteiger partial charge >= 0.3 is 0 Å². The van der Waals surface area contributed by atoms with Gasteiger partial charge in [-0.1, -0.05) is 37.3 Å². The third kappa shape index (κ3) is 6.07. The first kappa shape index (κ1) is 15.1. The van der Waals surface area contributed by atoms with Crippen molar-refractivity contribution >= 4 is 17.7 Å². The van der Waals surface area contributed by atoms with E-state index in [1.54, 1.807) is 11.8 Å². The number of benzene rings is 1. The molecule has 3 nitrogen and oxygen atoms in total. The number of hydrogen-bond donors (Lipinski definition) is 2. The average molecular weight is 267 g/mol. The number of carbonyl (C=O) groups excluding carboxylic acids is 1. The van der Waals surface area contributed by atoms with Crippen LogP contribution in [0.15, 0.2) is 30.3 Å². The molecule has 1 unspecified atom stereocenters. The van der Waals surface area contributed by atoms with E-state index in [1.165, 1.54) is 0 Å². The lowest BCUT2D eigenvalue weighted by atomic mass is 10.1. The van der Waals surface area contributed by atoms with Gasteiger partial charge in [-0.25, -0.2) is 0 Å². The summed E-state index contributed by atoms with van der Waals surface area (Å²) in [6, 6.07) is 9.69. The van der Waals surface area contributed by atoms with Crippen molar-refractivity contribution in [3.63, 3.8) is 0 Å². The molecule has 0 aliphatic rings. The van der Waals surface area contributed by atoms with Gasteiger partial charge in [0.2, 0.25) is 5.91 Å². The van der Waals surface area contributed by atoms with Crippen LogP contribution in [-0.4, -0.2) is 35.2 Å². The van der Waals surface area contributed by atoms with Crippen molar-refractivity contribution < 1.29 is 9.90 Å². The third-order valence-corrected chi connectivity index (χ3v) is 3.49. The molecule has 4 heteroatoms. The van der Waals surface area contributed by atoms with Crippen molar-refractivity contribution in [2.24, 2.45) is 0 Å². The van der Waals surface area contributed by atoms with Crippen molar-refractivity contribution in [1.29, 1.82) is 0 Å². The van der Waals surface area contributed by atoms with Gasteiger partial charge in [0.1, 0.15) is 0 Å². The molecule has 0 aliphatic carbocycles. The zero-order valence-corrected chi connectivity index (χ0v) is 11.6. The van der Waals surface area contributed by atoms with Crippen LogP contribution in [0.3, 0.4) is 0 Å². The minimum atomic E-state index is -0.188. The Morgan fingerprint density at radius 2 is 2.11 bits per heavy atom. The Morgan fingerprint density at radius 3 is 2.72 bits per heavy atom. The maximum Gasteiger partial charge on any atom is 0.221 e. The van der Waals surface area contributed by atoms with Gasteiger partial charge in [0.15, 0.2) is 0 Å². The molecule has 2 N–H and O–H groups in total. The summed E-state index contributed by atoms with van der Waals surface area (Å²) in [4.78, 5) is 11.6. The van der Waals surface area contributed by atoms with Gasteiger partial charge in [0.25, 0.3) is 0 Å². The maximum atomic E-state index is 11.6. The Bertz CT molecular complexity index is 343. The highest BCUT2D eigenvalue weighted by Gasteiger charge is 2.11. The monoisotopic (exact) mass is 267 g/mol. The second-order valence-electron chi connectivity index (χ2n) is 4.08. The molecule has 0 saturated heterocycles. The molecule has 0 bridgehead atoms. The zero-order valence-electron chi connectivity index (χ0n) is 10.8. The van der Waals surface area contributed by atoms with Gasteiger partial charge in [-0.05, 0) is 17.7 Å². The lowest BCUT2D eigenvalue weighted by molar-refractivity contribution is -0.121. The van der Waals surface area contributed by atoms with Crippen molar-refractivity contribution in [2.45, 2.75) is 25.8 Å². The minimum Gasteiger partial charge on any atom is -0.394 e. The average Bonchev–Trinajstić information content (AvgIpc) is 2.39. The molecule has 0 heterocycles. The fourth-order valence-corrected chi connectivity index (χ4v) is 2.29. The van der Waals surface area contributed by atoms with E-state index in [0.29, 0.717) is 12.8 Å². The van der Waals surface area contributed by atoms with Crippen LogP contribution in [0.5, 0.6) is 0 Å². The summed E-state index contributed by atoms with van der Waals surface area (Å²) in [6.45, 7) is 2.05. The second kappa shape index (κ2) is 9.00. The molecule has 0 aromatic heterocycles. The van der Waals surface area contributed by atoms with E-state index in [2.05, 4.69) is 12.2 Å². The summed E-state index contributed by atoms with van der Waals surface area (Å²) in [5.41, 5.74) is 1.12. The van der Waals surface area contributed by atoms with Crippen molar-refractivity contribution in [3.05, 3.63) is 35.9 Å². The highest BCUT2D eigenvalue weighted by atomic mass is 32.2. The predicted molar refractivity (Wildman–Crippen MR) is 76.8 cm³/mol. The Hall–Kier alpha value is -1.00. The van der Waals surface area contributed by atoms with E-state index in [9.17, 15) is 9.90 Å². The number of aliphatic hydroxyl groups excluding tert-OH is 1. The van der Waals surface area contributed by atoms with Crippen LogP contribution in [0.1, 0.15) is 18.9 Å². The normalized spacial score (nSPS) is 12.1. The van der Waals surface area contributed by atoms with Crippen LogP contribution < -0.4 is 5.32 Å². The number of aliphatic hydroxyl groups is 1. The van der Waals surface area contributed by atoms with E-state index >= 15 is 0 Å². The molecular weight excluding hydrogens is 246 g/mol. The number of amides is 1. The molecule has 0 fully saturated rings.